The maximum absolute atomic E-state index is 6.63. The van der Waals surface area contributed by atoms with Crippen LogP contribution in [0.3, 0.4) is 0 Å². The van der Waals surface area contributed by atoms with Gasteiger partial charge in [0.2, 0.25) is 0 Å². The van der Waals surface area contributed by atoms with Crippen molar-refractivity contribution in [1.82, 2.24) is 0 Å². The first kappa shape index (κ1) is 22.7. The van der Waals surface area contributed by atoms with Gasteiger partial charge in [-0.3, -0.25) is 0 Å². The molecule has 0 unspecified atom stereocenters. The van der Waals surface area contributed by atoms with Gasteiger partial charge in [-0.1, -0.05) is 80.4 Å². The summed E-state index contributed by atoms with van der Waals surface area (Å²) in [6, 6.07) is 26.9. The summed E-state index contributed by atoms with van der Waals surface area (Å²) in [6.45, 7) is 15.6. The fourth-order valence-electron chi connectivity index (χ4n) is 5.51. The quantitative estimate of drug-likeness (QED) is 0.236. The third-order valence-electron chi connectivity index (χ3n) is 7.43. The minimum atomic E-state index is 0.0939. The number of ether oxygens (including phenoxy) is 1. The van der Waals surface area contributed by atoms with Crippen molar-refractivity contribution in [3.05, 3.63) is 101 Å². The maximum Gasteiger partial charge on any atom is 0.152 e. The Bertz CT molecular complexity index is 1660. The van der Waals surface area contributed by atoms with E-state index in [0.29, 0.717) is 0 Å². The molecule has 0 bridgehead atoms. The lowest BCUT2D eigenvalue weighted by atomic mass is 9.84. The number of anilines is 3. The highest BCUT2D eigenvalue weighted by molar-refractivity contribution is 6.00. The maximum atomic E-state index is 6.63. The SMILES string of the molecule is Cc1ccc2cc3c(cc2c1)Oc1cc2ccc(C)cc2cc1N3c1c(C)cc(C(C)(C)C)cc1C. The molecule has 0 saturated heterocycles. The van der Waals surface area contributed by atoms with Crippen LogP contribution in [0.5, 0.6) is 11.5 Å². The van der Waals surface area contributed by atoms with Crippen molar-refractivity contribution < 1.29 is 4.74 Å². The number of hydrogen-bond acceptors (Lipinski definition) is 2. The Morgan fingerprint density at radius 2 is 1.03 bits per heavy atom. The van der Waals surface area contributed by atoms with Crippen LogP contribution in [0.1, 0.15) is 48.6 Å². The summed E-state index contributed by atoms with van der Waals surface area (Å²) in [5.41, 5.74) is 9.90. The normalized spacial score (nSPS) is 13.0. The van der Waals surface area contributed by atoms with Gasteiger partial charge in [-0.15, -0.1) is 0 Å². The molecule has 0 aliphatic carbocycles. The van der Waals surface area contributed by atoms with Crippen LogP contribution < -0.4 is 9.64 Å². The number of fused-ring (bicyclic) bond motifs is 4. The van der Waals surface area contributed by atoms with Crippen molar-refractivity contribution in [2.75, 3.05) is 4.90 Å². The first-order chi connectivity index (χ1) is 17.1. The van der Waals surface area contributed by atoms with E-state index >= 15 is 0 Å². The van der Waals surface area contributed by atoms with Crippen LogP contribution in [0.15, 0.2) is 72.8 Å². The molecule has 6 rings (SSSR count). The molecule has 0 amide bonds. The standard InChI is InChI=1S/C34H33NO/c1-20-9-11-25-18-31-30(17-26(25)12-20)35(33-22(3)14-28(15-23(33)4)34(5,6)7)29-16-24-10-8-21(2)13-27(24)19-32(29)36-31/h8-19H,1-7H3. The van der Waals surface area contributed by atoms with Crippen molar-refractivity contribution in [1.29, 1.82) is 0 Å². The van der Waals surface area contributed by atoms with Crippen molar-refractivity contribution in [3.63, 3.8) is 0 Å². The second-order valence-electron chi connectivity index (χ2n) is 11.5. The van der Waals surface area contributed by atoms with Crippen LogP contribution in [0.25, 0.3) is 21.5 Å². The van der Waals surface area contributed by atoms with Crippen LogP contribution in [0.2, 0.25) is 0 Å². The van der Waals surface area contributed by atoms with Gasteiger partial charge >= 0.3 is 0 Å². The van der Waals surface area contributed by atoms with Gasteiger partial charge in [0.15, 0.2) is 11.5 Å². The highest BCUT2D eigenvalue weighted by atomic mass is 16.5. The summed E-state index contributed by atoms with van der Waals surface area (Å²) in [4.78, 5) is 2.42. The Labute approximate surface area is 214 Å². The molecule has 36 heavy (non-hydrogen) atoms. The largest absolute Gasteiger partial charge is 0.453 e. The Morgan fingerprint density at radius 1 is 0.556 bits per heavy atom. The van der Waals surface area contributed by atoms with Gasteiger partial charge in [-0.2, -0.15) is 0 Å². The lowest BCUT2D eigenvalue weighted by molar-refractivity contribution is 0.478. The average molecular weight is 472 g/mol. The molecule has 0 atom stereocenters. The topological polar surface area (TPSA) is 12.5 Å². The third-order valence-corrected chi connectivity index (χ3v) is 7.43. The van der Waals surface area contributed by atoms with Crippen molar-refractivity contribution in [3.8, 4) is 11.5 Å². The smallest absolute Gasteiger partial charge is 0.152 e. The molecular weight excluding hydrogens is 438 g/mol. The highest BCUT2D eigenvalue weighted by Crippen LogP contribution is 2.54. The van der Waals surface area contributed by atoms with Crippen LogP contribution in [-0.4, -0.2) is 0 Å². The van der Waals surface area contributed by atoms with Crippen molar-refractivity contribution in [2.24, 2.45) is 0 Å². The molecule has 2 heteroatoms. The van der Waals surface area contributed by atoms with Gasteiger partial charge < -0.3 is 9.64 Å². The predicted octanol–water partition coefficient (Wildman–Crippen LogP) is 10.1. The first-order valence-corrected chi connectivity index (χ1v) is 12.8. The summed E-state index contributed by atoms with van der Waals surface area (Å²) in [5.74, 6) is 1.79. The number of aryl methyl sites for hydroxylation is 4. The third kappa shape index (κ3) is 3.64. The molecule has 0 saturated carbocycles. The van der Waals surface area contributed by atoms with Gasteiger partial charge in [0.25, 0.3) is 0 Å². The molecule has 0 spiro atoms. The van der Waals surface area contributed by atoms with E-state index in [1.807, 2.05) is 0 Å². The highest BCUT2D eigenvalue weighted by Gasteiger charge is 2.30. The van der Waals surface area contributed by atoms with Gasteiger partial charge in [0.05, 0.1) is 17.1 Å². The summed E-state index contributed by atoms with van der Waals surface area (Å²) >= 11 is 0. The molecule has 180 valence electrons. The van der Waals surface area contributed by atoms with Gasteiger partial charge in [-0.25, -0.2) is 0 Å². The molecule has 0 radical (unpaired) electrons. The number of benzene rings is 5. The van der Waals surface area contributed by atoms with Crippen LogP contribution in [-0.2, 0) is 5.41 Å². The Hall–Kier alpha value is -3.78. The molecule has 1 heterocycles. The minimum absolute atomic E-state index is 0.0939. The molecule has 1 aliphatic rings. The second kappa shape index (κ2) is 7.86. The summed E-state index contributed by atoms with van der Waals surface area (Å²) in [6.07, 6.45) is 0. The molecule has 0 aromatic heterocycles. The fraction of sp³-hybridized carbons (Fsp3) is 0.235. The molecule has 5 aromatic carbocycles. The molecule has 1 aliphatic heterocycles. The van der Waals surface area contributed by atoms with E-state index in [0.717, 1.165) is 22.9 Å². The van der Waals surface area contributed by atoms with E-state index in [1.54, 1.807) is 0 Å². The summed E-state index contributed by atoms with van der Waals surface area (Å²) in [7, 11) is 0. The van der Waals surface area contributed by atoms with Crippen molar-refractivity contribution in [2.45, 2.75) is 53.9 Å². The molecule has 0 fully saturated rings. The van der Waals surface area contributed by atoms with Gasteiger partial charge in [0.1, 0.15) is 0 Å². The van der Waals surface area contributed by atoms with Gasteiger partial charge in [-0.05, 0) is 95.6 Å². The Balaban J connectivity index is 1.67. The van der Waals surface area contributed by atoms with E-state index in [1.165, 1.54) is 55.0 Å². The average Bonchev–Trinajstić information content (AvgIpc) is 2.80. The second-order valence-corrected chi connectivity index (χ2v) is 11.5. The summed E-state index contributed by atoms with van der Waals surface area (Å²) in [5, 5.41) is 4.83. The molecule has 0 N–H and O–H groups in total. The van der Waals surface area contributed by atoms with Crippen molar-refractivity contribution >= 4 is 38.6 Å². The van der Waals surface area contributed by atoms with E-state index in [4.69, 9.17) is 4.74 Å². The molecule has 5 aromatic rings. The number of hydrogen-bond donors (Lipinski definition) is 0. The predicted molar refractivity (Wildman–Crippen MR) is 154 cm³/mol. The lowest BCUT2D eigenvalue weighted by Gasteiger charge is -2.36. The Morgan fingerprint density at radius 3 is 1.58 bits per heavy atom. The molecule has 2 nitrogen and oxygen atoms in total. The van der Waals surface area contributed by atoms with Gasteiger partial charge in [0, 0.05) is 0 Å². The molecular formula is C34H33NO. The van der Waals surface area contributed by atoms with Crippen LogP contribution in [0, 0.1) is 27.7 Å². The Kier molecular flexibility index (Phi) is 4.95. The zero-order valence-electron chi connectivity index (χ0n) is 22.3. The summed E-state index contributed by atoms with van der Waals surface area (Å²) < 4.78 is 6.63. The van der Waals surface area contributed by atoms with E-state index in [-0.39, 0.29) is 5.41 Å². The zero-order valence-corrected chi connectivity index (χ0v) is 22.3. The van der Waals surface area contributed by atoms with Crippen LogP contribution >= 0.6 is 0 Å². The monoisotopic (exact) mass is 471 g/mol. The zero-order chi connectivity index (χ0) is 25.4. The lowest BCUT2D eigenvalue weighted by Crippen LogP contribution is -2.19. The number of rotatable bonds is 1. The van der Waals surface area contributed by atoms with Crippen LogP contribution in [0.4, 0.5) is 17.1 Å². The number of nitrogens with zero attached hydrogens (tertiary/aromatic N) is 1. The fourth-order valence-corrected chi connectivity index (χ4v) is 5.51. The van der Waals surface area contributed by atoms with E-state index < -0.39 is 0 Å². The first-order valence-electron chi connectivity index (χ1n) is 12.8. The minimum Gasteiger partial charge on any atom is -0.453 e. The van der Waals surface area contributed by atoms with E-state index in [2.05, 4.69) is 126 Å². The van der Waals surface area contributed by atoms with E-state index in [9.17, 15) is 0 Å².